The Morgan fingerprint density at radius 3 is 2.89 bits per heavy atom. The second-order valence-electron chi connectivity index (χ2n) is 3.92. The largest absolute Gasteiger partial charge is 0.475 e. The average molecular weight is 243 g/mol. The van der Waals surface area contributed by atoms with E-state index in [4.69, 9.17) is 13.9 Å². The molecule has 0 atom stereocenters. The zero-order valence-corrected chi connectivity index (χ0v) is 9.51. The van der Waals surface area contributed by atoms with Gasteiger partial charge in [-0.05, 0) is 25.1 Å². The van der Waals surface area contributed by atoms with Gasteiger partial charge in [0.2, 0.25) is 11.5 Å². The number of carboxylic acid groups (broad SMARTS) is 1. The predicted octanol–water partition coefficient (Wildman–Crippen LogP) is 3.09. The van der Waals surface area contributed by atoms with Crippen molar-refractivity contribution in [1.82, 2.24) is 4.98 Å². The summed E-state index contributed by atoms with van der Waals surface area (Å²) >= 11 is 0. The standard InChI is InChI=1S/C13H9NO4/c1-7-5-8(10-3-2-4-17-10)9-6-11(13(15)16)18-12(9)14-7/h2-6H,1H3,(H,15,16). The average Bonchev–Trinajstić information content (AvgIpc) is 2.96. The van der Waals surface area contributed by atoms with Crippen molar-refractivity contribution in [1.29, 1.82) is 0 Å². The summed E-state index contributed by atoms with van der Waals surface area (Å²) in [5.74, 6) is -0.588. The maximum absolute atomic E-state index is 10.9. The number of fused-ring (bicyclic) bond motifs is 1. The molecule has 0 aromatic carbocycles. The highest BCUT2D eigenvalue weighted by molar-refractivity contribution is 5.96. The molecule has 1 N–H and O–H groups in total. The fourth-order valence-electron chi connectivity index (χ4n) is 1.88. The van der Waals surface area contributed by atoms with E-state index in [0.29, 0.717) is 16.9 Å². The highest BCUT2D eigenvalue weighted by Gasteiger charge is 2.16. The van der Waals surface area contributed by atoms with E-state index < -0.39 is 5.97 Å². The molecule has 5 heteroatoms. The number of carboxylic acids is 1. The lowest BCUT2D eigenvalue weighted by molar-refractivity contribution is 0.0664. The molecular weight excluding hydrogens is 234 g/mol. The Balaban J connectivity index is 2.33. The minimum atomic E-state index is -1.11. The van der Waals surface area contributed by atoms with E-state index in [9.17, 15) is 4.79 Å². The molecule has 0 saturated carbocycles. The van der Waals surface area contributed by atoms with Crippen LogP contribution in [-0.2, 0) is 0 Å². The zero-order valence-electron chi connectivity index (χ0n) is 9.51. The van der Waals surface area contributed by atoms with Gasteiger partial charge in [-0.1, -0.05) is 0 Å². The zero-order chi connectivity index (χ0) is 12.7. The van der Waals surface area contributed by atoms with Crippen molar-refractivity contribution in [2.75, 3.05) is 0 Å². The first-order chi connectivity index (χ1) is 8.65. The molecule has 90 valence electrons. The molecule has 18 heavy (non-hydrogen) atoms. The van der Waals surface area contributed by atoms with Crippen LogP contribution in [0.1, 0.15) is 16.2 Å². The van der Waals surface area contributed by atoms with E-state index in [-0.39, 0.29) is 5.76 Å². The van der Waals surface area contributed by atoms with Gasteiger partial charge in [-0.15, -0.1) is 0 Å². The molecule has 0 bridgehead atoms. The Morgan fingerprint density at radius 1 is 1.39 bits per heavy atom. The lowest BCUT2D eigenvalue weighted by Crippen LogP contribution is -1.91. The molecule has 3 heterocycles. The highest BCUT2D eigenvalue weighted by atomic mass is 16.4. The second kappa shape index (κ2) is 3.73. The van der Waals surface area contributed by atoms with Gasteiger partial charge in [0.05, 0.1) is 11.6 Å². The van der Waals surface area contributed by atoms with Gasteiger partial charge in [0, 0.05) is 17.3 Å². The maximum Gasteiger partial charge on any atom is 0.371 e. The number of aromatic carboxylic acids is 1. The van der Waals surface area contributed by atoms with Crippen molar-refractivity contribution < 1.29 is 18.7 Å². The van der Waals surface area contributed by atoms with Gasteiger partial charge in [-0.25, -0.2) is 9.78 Å². The number of furan rings is 2. The van der Waals surface area contributed by atoms with Crippen molar-refractivity contribution in [2.45, 2.75) is 6.92 Å². The minimum absolute atomic E-state index is 0.129. The number of hydrogen-bond donors (Lipinski definition) is 1. The summed E-state index contributed by atoms with van der Waals surface area (Å²) in [7, 11) is 0. The number of aromatic nitrogens is 1. The van der Waals surface area contributed by atoms with Crippen LogP contribution < -0.4 is 0 Å². The number of carbonyl (C=O) groups is 1. The first-order valence-corrected chi connectivity index (χ1v) is 5.33. The van der Waals surface area contributed by atoms with Crippen LogP contribution in [0, 0.1) is 6.92 Å². The van der Waals surface area contributed by atoms with Gasteiger partial charge in [-0.3, -0.25) is 0 Å². The first-order valence-electron chi connectivity index (χ1n) is 5.33. The Bertz CT molecular complexity index is 725. The molecule has 0 spiro atoms. The number of aryl methyl sites for hydroxylation is 1. The Labute approximate surface area is 102 Å². The maximum atomic E-state index is 10.9. The van der Waals surface area contributed by atoms with E-state index in [1.54, 1.807) is 12.3 Å². The molecule has 0 amide bonds. The van der Waals surface area contributed by atoms with E-state index in [0.717, 1.165) is 11.3 Å². The van der Waals surface area contributed by atoms with Crippen LogP contribution in [-0.4, -0.2) is 16.1 Å². The third kappa shape index (κ3) is 1.57. The number of nitrogens with zero attached hydrogens (tertiary/aromatic N) is 1. The van der Waals surface area contributed by atoms with Crippen molar-refractivity contribution >= 4 is 17.1 Å². The van der Waals surface area contributed by atoms with Gasteiger partial charge in [0.25, 0.3) is 0 Å². The summed E-state index contributed by atoms with van der Waals surface area (Å²) in [6.07, 6.45) is 1.56. The van der Waals surface area contributed by atoms with E-state index >= 15 is 0 Å². The van der Waals surface area contributed by atoms with Crippen LogP contribution in [0.3, 0.4) is 0 Å². The summed E-state index contributed by atoms with van der Waals surface area (Å²) in [4.78, 5) is 15.1. The molecule has 0 aliphatic carbocycles. The Kier molecular flexibility index (Phi) is 2.19. The normalized spacial score (nSPS) is 10.9. The second-order valence-corrected chi connectivity index (χ2v) is 3.92. The molecular formula is C13H9NO4. The Morgan fingerprint density at radius 2 is 2.22 bits per heavy atom. The lowest BCUT2D eigenvalue weighted by Gasteiger charge is -1.99. The fourth-order valence-corrected chi connectivity index (χ4v) is 1.88. The quantitative estimate of drug-likeness (QED) is 0.748. The Hall–Kier alpha value is -2.56. The number of pyridine rings is 1. The van der Waals surface area contributed by atoms with Crippen LogP contribution in [0.5, 0.6) is 0 Å². The van der Waals surface area contributed by atoms with Crippen LogP contribution in [0.25, 0.3) is 22.4 Å². The molecule has 0 saturated heterocycles. The number of hydrogen-bond acceptors (Lipinski definition) is 4. The smallest absolute Gasteiger partial charge is 0.371 e. The van der Waals surface area contributed by atoms with Crippen molar-refractivity contribution in [3.63, 3.8) is 0 Å². The van der Waals surface area contributed by atoms with E-state index in [1.165, 1.54) is 6.07 Å². The summed E-state index contributed by atoms with van der Waals surface area (Å²) in [5, 5.41) is 9.56. The van der Waals surface area contributed by atoms with Crippen LogP contribution >= 0.6 is 0 Å². The molecule has 3 rings (SSSR count). The lowest BCUT2D eigenvalue weighted by atomic mass is 10.1. The van der Waals surface area contributed by atoms with Gasteiger partial charge in [0.15, 0.2) is 0 Å². The first kappa shape index (κ1) is 10.6. The summed E-state index contributed by atoms with van der Waals surface area (Å²) in [6, 6.07) is 6.88. The van der Waals surface area contributed by atoms with E-state index in [1.807, 2.05) is 19.1 Å². The molecule has 0 radical (unpaired) electrons. The molecule has 0 aliphatic rings. The molecule has 5 nitrogen and oxygen atoms in total. The SMILES string of the molecule is Cc1cc(-c2ccco2)c2cc(C(=O)O)oc2n1. The van der Waals surface area contributed by atoms with Crippen molar-refractivity contribution in [3.8, 4) is 11.3 Å². The highest BCUT2D eigenvalue weighted by Crippen LogP contribution is 2.31. The molecule has 3 aromatic heterocycles. The molecule has 3 aromatic rings. The summed E-state index contributed by atoms with van der Waals surface area (Å²) < 4.78 is 10.5. The minimum Gasteiger partial charge on any atom is -0.475 e. The van der Waals surface area contributed by atoms with Gasteiger partial charge < -0.3 is 13.9 Å². The van der Waals surface area contributed by atoms with Gasteiger partial charge in [-0.2, -0.15) is 0 Å². The fraction of sp³-hybridized carbons (Fsp3) is 0.0769. The van der Waals surface area contributed by atoms with Gasteiger partial charge >= 0.3 is 5.97 Å². The summed E-state index contributed by atoms with van der Waals surface area (Å²) in [6.45, 7) is 1.81. The van der Waals surface area contributed by atoms with Crippen LogP contribution in [0.15, 0.2) is 39.4 Å². The van der Waals surface area contributed by atoms with Crippen molar-refractivity contribution in [2.24, 2.45) is 0 Å². The summed E-state index contributed by atoms with van der Waals surface area (Å²) in [5.41, 5.74) is 1.82. The van der Waals surface area contributed by atoms with E-state index in [2.05, 4.69) is 4.98 Å². The third-order valence-corrected chi connectivity index (χ3v) is 2.63. The topological polar surface area (TPSA) is 76.5 Å². The molecule has 0 aliphatic heterocycles. The van der Waals surface area contributed by atoms with Gasteiger partial charge in [0.1, 0.15) is 5.76 Å². The molecule has 0 unspecified atom stereocenters. The van der Waals surface area contributed by atoms with Crippen molar-refractivity contribution in [3.05, 3.63) is 42.0 Å². The predicted molar refractivity (Wildman–Crippen MR) is 63.4 cm³/mol. The number of rotatable bonds is 2. The van der Waals surface area contributed by atoms with Crippen LogP contribution in [0.2, 0.25) is 0 Å². The van der Waals surface area contributed by atoms with Crippen LogP contribution in [0.4, 0.5) is 0 Å². The monoisotopic (exact) mass is 243 g/mol. The molecule has 0 fully saturated rings. The third-order valence-electron chi connectivity index (χ3n) is 2.63.